The molecule has 4 nitrogen and oxygen atoms in total. The van der Waals surface area contributed by atoms with E-state index in [1.807, 2.05) is 6.92 Å². The number of hydrogen-bond acceptors (Lipinski definition) is 3. The Morgan fingerprint density at radius 1 is 1.53 bits per heavy atom. The van der Waals surface area contributed by atoms with Crippen molar-refractivity contribution >= 4 is 27.5 Å². The van der Waals surface area contributed by atoms with E-state index in [4.69, 9.17) is 10.5 Å². The first-order chi connectivity index (χ1) is 8.15. The summed E-state index contributed by atoms with van der Waals surface area (Å²) in [4.78, 5) is 11.8. The van der Waals surface area contributed by atoms with E-state index >= 15 is 0 Å². The minimum absolute atomic E-state index is 0.124. The summed E-state index contributed by atoms with van der Waals surface area (Å²) in [7, 11) is 0. The Morgan fingerprint density at radius 2 is 2.29 bits per heavy atom. The molecule has 1 amide bonds. The highest BCUT2D eigenvalue weighted by atomic mass is 79.9. The van der Waals surface area contributed by atoms with Crippen molar-refractivity contribution in [2.45, 2.75) is 13.3 Å². The minimum Gasteiger partial charge on any atom is -0.399 e. The van der Waals surface area contributed by atoms with Crippen LogP contribution in [-0.2, 0) is 4.74 Å². The first-order valence-corrected chi connectivity index (χ1v) is 6.35. The van der Waals surface area contributed by atoms with Crippen LogP contribution in [0.25, 0.3) is 0 Å². The maximum Gasteiger partial charge on any atom is 0.252 e. The Hall–Kier alpha value is -1.07. The van der Waals surface area contributed by atoms with E-state index in [2.05, 4.69) is 21.2 Å². The quantitative estimate of drug-likeness (QED) is 0.625. The summed E-state index contributed by atoms with van der Waals surface area (Å²) in [6, 6.07) is 5.17. The molecule has 0 aromatic heterocycles. The average molecular weight is 301 g/mol. The van der Waals surface area contributed by atoms with E-state index in [1.165, 1.54) is 0 Å². The van der Waals surface area contributed by atoms with Crippen LogP contribution in [0.3, 0.4) is 0 Å². The van der Waals surface area contributed by atoms with E-state index < -0.39 is 0 Å². The van der Waals surface area contributed by atoms with Crippen molar-refractivity contribution in [2.75, 3.05) is 25.5 Å². The molecular weight excluding hydrogens is 284 g/mol. The van der Waals surface area contributed by atoms with Gasteiger partial charge in [0.05, 0.1) is 5.56 Å². The topological polar surface area (TPSA) is 64.3 Å². The zero-order valence-electron chi connectivity index (χ0n) is 9.83. The third kappa shape index (κ3) is 4.75. The van der Waals surface area contributed by atoms with Crippen molar-refractivity contribution in [1.82, 2.24) is 5.32 Å². The van der Waals surface area contributed by atoms with E-state index in [1.54, 1.807) is 18.2 Å². The van der Waals surface area contributed by atoms with Crippen LogP contribution in [0.5, 0.6) is 0 Å². The zero-order valence-corrected chi connectivity index (χ0v) is 11.4. The number of nitrogen functional groups attached to an aromatic ring is 1. The lowest BCUT2D eigenvalue weighted by Crippen LogP contribution is -2.25. The lowest BCUT2D eigenvalue weighted by Gasteiger charge is -2.07. The maximum absolute atomic E-state index is 11.8. The van der Waals surface area contributed by atoms with Gasteiger partial charge in [0.1, 0.15) is 0 Å². The molecule has 17 heavy (non-hydrogen) atoms. The smallest absolute Gasteiger partial charge is 0.252 e. The summed E-state index contributed by atoms with van der Waals surface area (Å²) in [5, 5.41) is 2.82. The molecule has 0 aliphatic carbocycles. The monoisotopic (exact) mass is 300 g/mol. The van der Waals surface area contributed by atoms with Crippen molar-refractivity contribution < 1.29 is 9.53 Å². The second kappa shape index (κ2) is 7.29. The zero-order chi connectivity index (χ0) is 12.7. The van der Waals surface area contributed by atoms with Gasteiger partial charge in [-0.05, 0) is 47.5 Å². The Bertz CT molecular complexity index is 383. The van der Waals surface area contributed by atoms with Crippen LogP contribution < -0.4 is 11.1 Å². The van der Waals surface area contributed by atoms with Gasteiger partial charge < -0.3 is 15.8 Å². The van der Waals surface area contributed by atoms with Crippen LogP contribution in [0, 0.1) is 0 Å². The molecule has 5 heteroatoms. The summed E-state index contributed by atoms with van der Waals surface area (Å²) in [6.07, 6.45) is 0.805. The highest BCUT2D eigenvalue weighted by Crippen LogP contribution is 2.19. The molecule has 0 spiro atoms. The van der Waals surface area contributed by atoms with Crippen molar-refractivity contribution in [3.05, 3.63) is 28.2 Å². The molecule has 0 heterocycles. The Morgan fingerprint density at radius 3 is 3.00 bits per heavy atom. The molecule has 0 fully saturated rings. The fourth-order valence-electron chi connectivity index (χ4n) is 1.33. The highest BCUT2D eigenvalue weighted by Gasteiger charge is 2.09. The number of ether oxygens (including phenoxy) is 1. The molecule has 0 atom stereocenters. The lowest BCUT2D eigenvalue weighted by atomic mass is 10.2. The van der Waals surface area contributed by atoms with Gasteiger partial charge in [0.15, 0.2) is 0 Å². The number of carbonyl (C=O) groups excluding carboxylic acids is 1. The molecule has 1 aromatic rings. The summed E-state index contributed by atoms with van der Waals surface area (Å²) in [6.45, 7) is 3.91. The van der Waals surface area contributed by atoms with Crippen molar-refractivity contribution in [3.8, 4) is 0 Å². The Labute approximate surface area is 110 Å². The fraction of sp³-hybridized carbons (Fsp3) is 0.417. The van der Waals surface area contributed by atoms with Gasteiger partial charge in [0, 0.05) is 29.9 Å². The van der Waals surface area contributed by atoms with Crippen LogP contribution in [0.1, 0.15) is 23.7 Å². The van der Waals surface area contributed by atoms with Gasteiger partial charge >= 0.3 is 0 Å². The maximum atomic E-state index is 11.8. The third-order valence-corrected chi connectivity index (χ3v) is 2.88. The summed E-state index contributed by atoms with van der Waals surface area (Å²) >= 11 is 3.32. The minimum atomic E-state index is -0.124. The Kier molecular flexibility index (Phi) is 6.00. The molecule has 3 N–H and O–H groups in total. The number of benzene rings is 1. The second-order valence-corrected chi connectivity index (χ2v) is 4.40. The summed E-state index contributed by atoms with van der Waals surface area (Å²) in [5.41, 5.74) is 6.77. The van der Waals surface area contributed by atoms with Crippen LogP contribution in [0.15, 0.2) is 22.7 Å². The van der Waals surface area contributed by atoms with Gasteiger partial charge in [0.2, 0.25) is 0 Å². The molecule has 1 aromatic carbocycles. The number of amides is 1. The molecule has 0 saturated heterocycles. The van der Waals surface area contributed by atoms with Gasteiger partial charge in [-0.15, -0.1) is 0 Å². The van der Waals surface area contributed by atoms with Gasteiger partial charge in [-0.2, -0.15) is 0 Å². The first-order valence-electron chi connectivity index (χ1n) is 5.56. The number of carbonyl (C=O) groups is 1. The van der Waals surface area contributed by atoms with Gasteiger partial charge in [-0.3, -0.25) is 4.79 Å². The van der Waals surface area contributed by atoms with E-state index in [9.17, 15) is 4.79 Å². The highest BCUT2D eigenvalue weighted by molar-refractivity contribution is 9.10. The predicted molar refractivity (Wildman–Crippen MR) is 72.0 cm³/mol. The van der Waals surface area contributed by atoms with Crippen molar-refractivity contribution in [2.24, 2.45) is 0 Å². The molecule has 0 aliphatic rings. The summed E-state index contributed by atoms with van der Waals surface area (Å²) < 4.78 is 5.93. The van der Waals surface area contributed by atoms with Gasteiger partial charge in [0.25, 0.3) is 5.91 Å². The molecule has 0 radical (unpaired) electrons. The van der Waals surface area contributed by atoms with Crippen molar-refractivity contribution in [3.63, 3.8) is 0 Å². The molecular formula is C12H17BrN2O2. The Balaban J connectivity index is 2.44. The number of hydrogen-bond donors (Lipinski definition) is 2. The molecule has 0 bridgehead atoms. The molecule has 0 unspecified atom stereocenters. The molecule has 0 aliphatic heterocycles. The lowest BCUT2D eigenvalue weighted by molar-refractivity contribution is 0.0943. The van der Waals surface area contributed by atoms with Gasteiger partial charge in [-0.25, -0.2) is 0 Å². The van der Waals surface area contributed by atoms with Crippen LogP contribution in [0.4, 0.5) is 5.69 Å². The molecule has 1 rings (SSSR count). The third-order valence-electron chi connectivity index (χ3n) is 2.19. The number of nitrogens with two attached hydrogens (primary N) is 1. The standard InChI is InChI=1S/C12H17BrN2O2/c1-2-17-7-3-6-15-12(16)10-8-9(14)4-5-11(10)13/h4-5,8H,2-3,6-7,14H2,1H3,(H,15,16). The van der Waals surface area contributed by atoms with Crippen LogP contribution in [0.2, 0.25) is 0 Å². The number of rotatable bonds is 6. The first kappa shape index (κ1) is 14.0. The van der Waals surface area contributed by atoms with Crippen LogP contribution >= 0.6 is 15.9 Å². The fourth-order valence-corrected chi connectivity index (χ4v) is 1.76. The van der Waals surface area contributed by atoms with E-state index in [0.717, 1.165) is 10.9 Å². The number of anilines is 1. The molecule has 94 valence electrons. The SMILES string of the molecule is CCOCCCNC(=O)c1cc(N)ccc1Br. The average Bonchev–Trinajstić information content (AvgIpc) is 2.32. The second-order valence-electron chi connectivity index (χ2n) is 3.55. The molecule has 0 saturated carbocycles. The van der Waals surface area contributed by atoms with Crippen LogP contribution in [-0.4, -0.2) is 25.7 Å². The largest absolute Gasteiger partial charge is 0.399 e. The van der Waals surface area contributed by atoms with E-state index in [0.29, 0.717) is 31.0 Å². The number of nitrogens with one attached hydrogen (secondary N) is 1. The normalized spacial score (nSPS) is 10.2. The number of halogens is 1. The van der Waals surface area contributed by atoms with E-state index in [-0.39, 0.29) is 5.91 Å². The van der Waals surface area contributed by atoms with Crippen molar-refractivity contribution in [1.29, 1.82) is 0 Å². The predicted octanol–water partition coefficient (Wildman–Crippen LogP) is 2.19. The van der Waals surface area contributed by atoms with Gasteiger partial charge in [-0.1, -0.05) is 0 Å². The summed E-state index contributed by atoms with van der Waals surface area (Å²) in [5.74, 6) is -0.124.